The largest absolute Gasteiger partial charge is 0.448 e. The molecule has 0 fully saturated rings. The standard InChI is InChI=1S/C16H17N3O3/c1-19(2)10-9-17-15(20)11-5-3-6-12-14(11)22-16-13(21-12)7-4-8-18-16/h3-8H,9-10H2,1-2H3,(H,17,20). The lowest BCUT2D eigenvalue weighted by atomic mass is 10.1. The summed E-state index contributed by atoms with van der Waals surface area (Å²) in [6, 6.07) is 8.79. The molecule has 1 N–H and O–H groups in total. The molecule has 6 heteroatoms. The van der Waals surface area contributed by atoms with Crippen molar-refractivity contribution in [2.75, 3.05) is 27.2 Å². The van der Waals surface area contributed by atoms with Crippen LogP contribution in [0.3, 0.4) is 0 Å². The van der Waals surface area contributed by atoms with E-state index in [4.69, 9.17) is 9.47 Å². The average Bonchev–Trinajstić information content (AvgIpc) is 2.51. The minimum Gasteiger partial charge on any atom is -0.448 e. The van der Waals surface area contributed by atoms with Gasteiger partial charge < -0.3 is 19.7 Å². The summed E-state index contributed by atoms with van der Waals surface area (Å²) in [5.41, 5.74) is 0.438. The summed E-state index contributed by atoms with van der Waals surface area (Å²) in [7, 11) is 3.91. The van der Waals surface area contributed by atoms with Crippen molar-refractivity contribution in [2.45, 2.75) is 0 Å². The third kappa shape index (κ3) is 2.87. The van der Waals surface area contributed by atoms with Gasteiger partial charge in [-0.1, -0.05) is 6.07 Å². The Morgan fingerprint density at radius 3 is 2.82 bits per heavy atom. The first-order valence-corrected chi connectivity index (χ1v) is 7.02. The van der Waals surface area contributed by atoms with Crippen LogP contribution in [-0.2, 0) is 0 Å². The predicted molar refractivity (Wildman–Crippen MR) is 81.7 cm³/mol. The van der Waals surface area contributed by atoms with E-state index in [2.05, 4.69) is 10.3 Å². The summed E-state index contributed by atoms with van der Waals surface area (Å²) in [4.78, 5) is 18.4. The molecule has 0 unspecified atom stereocenters. The van der Waals surface area contributed by atoms with E-state index in [0.717, 1.165) is 6.54 Å². The normalized spacial score (nSPS) is 12.0. The summed E-state index contributed by atoms with van der Waals surface area (Å²) >= 11 is 0. The Bertz CT molecular complexity index is 701. The van der Waals surface area contributed by atoms with Crippen molar-refractivity contribution in [3.8, 4) is 23.1 Å². The quantitative estimate of drug-likeness (QED) is 0.800. The maximum atomic E-state index is 12.3. The molecule has 0 saturated heterocycles. The van der Waals surface area contributed by atoms with Gasteiger partial charge in [0.2, 0.25) is 0 Å². The van der Waals surface area contributed by atoms with Gasteiger partial charge >= 0.3 is 0 Å². The number of rotatable bonds is 4. The Hall–Kier alpha value is -2.60. The van der Waals surface area contributed by atoms with Crippen LogP contribution in [0.1, 0.15) is 10.4 Å². The minimum atomic E-state index is -0.193. The molecular formula is C16H17N3O3. The number of ether oxygens (including phenoxy) is 2. The van der Waals surface area contributed by atoms with E-state index >= 15 is 0 Å². The van der Waals surface area contributed by atoms with Gasteiger partial charge in [0, 0.05) is 19.3 Å². The molecule has 2 heterocycles. The topological polar surface area (TPSA) is 63.7 Å². The third-order valence-electron chi connectivity index (χ3n) is 3.22. The number of benzene rings is 1. The van der Waals surface area contributed by atoms with E-state index in [-0.39, 0.29) is 5.91 Å². The van der Waals surface area contributed by atoms with Crippen LogP contribution in [0.2, 0.25) is 0 Å². The number of carbonyl (C=O) groups excluding carboxylic acids is 1. The molecule has 1 aromatic carbocycles. The number of nitrogens with zero attached hydrogens (tertiary/aromatic N) is 2. The van der Waals surface area contributed by atoms with Crippen LogP contribution < -0.4 is 14.8 Å². The van der Waals surface area contributed by atoms with E-state index in [9.17, 15) is 4.79 Å². The van der Waals surface area contributed by atoms with E-state index < -0.39 is 0 Å². The Morgan fingerprint density at radius 1 is 1.18 bits per heavy atom. The van der Waals surface area contributed by atoms with Gasteiger partial charge in [-0.3, -0.25) is 4.79 Å². The molecule has 1 aromatic heterocycles. The fraction of sp³-hybridized carbons (Fsp3) is 0.250. The highest BCUT2D eigenvalue weighted by atomic mass is 16.6. The molecule has 0 saturated carbocycles. The molecule has 2 aromatic rings. The van der Waals surface area contributed by atoms with E-state index in [1.54, 1.807) is 36.5 Å². The van der Waals surface area contributed by atoms with Gasteiger partial charge in [-0.15, -0.1) is 0 Å². The first-order chi connectivity index (χ1) is 10.6. The highest BCUT2D eigenvalue weighted by Crippen LogP contribution is 2.45. The first kappa shape index (κ1) is 14.3. The maximum absolute atomic E-state index is 12.3. The second kappa shape index (κ2) is 6.03. The van der Waals surface area contributed by atoms with Gasteiger partial charge in [0.15, 0.2) is 17.2 Å². The molecule has 0 bridgehead atoms. The molecule has 3 rings (SSSR count). The number of carbonyl (C=O) groups is 1. The van der Waals surface area contributed by atoms with Crippen molar-refractivity contribution < 1.29 is 14.3 Å². The number of pyridine rings is 1. The van der Waals surface area contributed by atoms with Gasteiger partial charge in [-0.2, -0.15) is 0 Å². The lowest BCUT2D eigenvalue weighted by molar-refractivity contribution is 0.0947. The monoisotopic (exact) mass is 299 g/mol. The summed E-state index contributed by atoms with van der Waals surface area (Å²) < 4.78 is 11.5. The first-order valence-electron chi connectivity index (χ1n) is 7.02. The highest BCUT2D eigenvalue weighted by molar-refractivity contribution is 5.98. The third-order valence-corrected chi connectivity index (χ3v) is 3.22. The summed E-state index contributed by atoms with van der Waals surface area (Å²) in [6.45, 7) is 1.33. The van der Waals surface area contributed by atoms with Crippen LogP contribution in [0.15, 0.2) is 36.5 Å². The van der Waals surface area contributed by atoms with Gasteiger partial charge in [-0.05, 0) is 38.4 Å². The molecule has 6 nitrogen and oxygen atoms in total. The van der Waals surface area contributed by atoms with Crippen molar-refractivity contribution in [3.05, 3.63) is 42.1 Å². The van der Waals surface area contributed by atoms with Crippen molar-refractivity contribution in [3.63, 3.8) is 0 Å². The number of aromatic nitrogens is 1. The van der Waals surface area contributed by atoms with Crippen LogP contribution >= 0.6 is 0 Å². The van der Waals surface area contributed by atoms with E-state index in [1.165, 1.54) is 0 Å². The highest BCUT2D eigenvalue weighted by Gasteiger charge is 2.24. The number of para-hydroxylation sites is 1. The predicted octanol–water partition coefficient (Wildman–Crippen LogP) is 2.27. The van der Waals surface area contributed by atoms with Crippen molar-refractivity contribution >= 4 is 5.91 Å². The Balaban J connectivity index is 1.82. The fourth-order valence-corrected chi connectivity index (χ4v) is 2.11. The zero-order valence-electron chi connectivity index (χ0n) is 12.5. The number of nitrogens with one attached hydrogen (secondary N) is 1. The van der Waals surface area contributed by atoms with Gasteiger partial charge in [0.25, 0.3) is 11.8 Å². The van der Waals surface area contributed by atoms with Crippen molar-refractivity contribution in [1.82, 2.24) is 15.2 Å². The minimum absolute atomic E-state index is 0.193. The maximum Gasteiger partial charge on any atom is 0.263 e. The van der Waals surface area contributed by atoms with Crippen molar-refractivity contribution in [2.24, 2.45) is 0 Å². The summed E-state index contributed by atoms with van der Waals surface area (Å²) in [5, 5.41) is 2.87. The SMILES string of the molecule is CN(C)CCNC(=O)c1cccc2c1Oc1ncccc1O2. The van der Waals surface area contributed by atoms with Gasteiger partial charge in [-0.25, -0.2) is 4.98 Å². The van der Waals surface area contributed by atoms with E-state index in [1.807, 2.05) is 19.0 Å². The molecule has 22 heavy (non-hydrogen) atoms. The second-order valence-electron chi connectivity index (χ2n) is 5.20. The molecule has 0 radical (unpaired) electrons. The molecule has 1 amide bonds. The molecular weight excluding hydrogens is 282 g/mol. The fourth-order valence-electron chi connectivity index (χ4n) is 2.11. The van der Waals surface area contributed by atoms with E-state index in [0.29, 0.717) is 35.2 Å². The average molecular weight is 299 g/mol. The number of likely N-dealkylation sites (N-methyl/N-ethyl adjacent to an activating group) is 1. The molecule has 0 spiro atoms. The molecule has 1 aliphatic heterocycles. The summed E-state index contributed by atoms with van der Waals surface area (Å²) in [5.74, 6) is 1.63. The molecule has 0 aliphatic carbocycles. The number of hydrogen-bond acceptors (Lipinski definition) is 5. The van der Waals surface area contributed by atoms with Crippen LogP contribution in [0, 0.1) is 0 Å². The van der Waals surface area contributed by atoms with Crippen LogP contribution in [-0.4, -0.2) is 43.0 Å². The number of fused-ring (bicyclic) bond motifs is 2. The lowest BCUT2D eigenvalue weighted by Crippen LogP contribution is -2.31. The zero-order valence-corrected chi connectivity index (χ0v) is 12.5. The lowest BCUT2D eigenvalue weighted by Gasteiger charge is -2.21. The summed E-state index contributed by atoms with van der Waals surface area (Å²) in [6.07, 6.45) is 1.62. The molecule has 0 atom stereocenters. The van der Waals surface area contributed by atoms with Gasteiger partial charge in [0.1, 0.15) is 0 Å². The van der Waals surface area contributed by atoms with Gasteiger partial charge in [0.05, 0.1) is 5.56 Å². The Morgan fingerprint density at radius 2 is 2.00 bits per heavy atom. The zero-order chi connectivity index (χ0) is 15.5. The second-order valence-corrected chi connectivity index (χ2v) is 5.20. The molecule has 1 aliphatic rings. The molecule has 114 valence electrons. The Kier molecular flexibility index (Phi) is 3.93. The number of amides is 1. The van der Waals surface area contributed by atoms with Crippen molar-refractivity contribution in [1.29, 1.82) is 0 Å². The van der Waals surface area contributed by atoms with Crippen LogP contribution in [0.5, 0.6) is 23.1 Å². The smallest absolute Gasteiger partial charge is 0.263 e. The number of hydrogen-bond donors (Lipinski definition) is 1. The van der Waals surface area contributed by atoms with Crippen LogP contribution in [0.4, 0.5) is 0 Å². The van der Waals surface area contributed by atoms with Crippen LogP contribution in [0.25, 0.3) is 0 Å². The Labute approximate surface area is 128 Å².